The van der Waals surface area contributed by atoms with Crippen molar-refractivity contribution >= 4 is 6.29 Å². The molecule has 0 amide bonds. The topological polar surface area (TPSA) is 38.1 Å². The van der Waals surface area contributed by atoms with Gasteiger partial charge in [0, 0.05) is 13.1 Å². The molecule has 0 spiro atoms. The Balaban J connectivity index is 2.11. The molecule has 2 rings (SSSR count). The monoisotopic (exact) mass is 249 g/mol. The molecule has 0 bridgehead atoms. The van der Waals surface area contributed by atoms with Crippen LogP contribution in [-0.4, -0.2) is 33.6 Å². The first-order valence-electron chi connectivity index (χ1n) is 7.03. The number of nitrogens with zero attached hydrogens (tertiary/aromatic N) is 3. The fraction of sp³-hybridized carbons (Fsp3) is 0.714. The second-order valence-corrected chi connectivity index (χ2v) is 4.97. The number of likely N-dealkylation sites (tertiary alicyclic amines) is 1. The van der Waals surface area contributed by atoms with Crippen molar-refractivity contribution < 1.29 is 4.79 Å². The Morgan fingerprint density at radius 3 is 2.94 bits per heavy atom. The number of piperidine rings is 1. The summed E-state index contributed by atoms with van der Waals surface area (Å²) in [6, 6.07) is 2.28. The van der Waals surface area contributed by atoms with Crippen molar-refractivity contribution in [2.24, 2.45) is 0 Å². The fourth-order valence-electron chi connectivity index (χ4n) is 2.66. The number of aldehydes is 1. The van der Waals surface area contributed by atoms with E-state index in [2.05, 4.69) is 34.6 Å². The third-order valence-electron chi connectivity index (χ3n) is 3.76. The van der Waals surface area contributed by atoms with Crippen LogP contribution in [0.15, 0.2) is 6.07 Å². The maximum Gasteiger partial charge on any atom is 0.137 e. The van der Waals surface area contributed by atoms with Crippen molar-refractivity contribution in [3.8, 4) is 0 Å². The molecule has 1 aromatic rings. The normalized spacial score (nSPS) is 21.1. The maximum atomic E-state index is 11.1. The first-order chi connectivity index (χ1) is 8.78. The molecule has 100 valence electrons. The molecule has 1 fully saturated rings. The lowest BCUT2D eigenvalue weighted by Gasteiger charge is -2.32. The molecule has 4 nitrogen and oxygen atoms in total. The highest BCUT2D eigenvalue weighted by Gasteiger charge is 2.22. The van der Waals surface area contributed by atoms with Gasteiger partial charge < -0.3 is 4.79 Å². The van der Waals surface area contributed by atoms with Gasteiger partial charge in [0.2, 0.25) is 0 Å². The SMILES string of the molecule is CCc1cc(CN2CCCCC2C=O)n(CC)n1. The van der Waals surface area contributed by atoms with Crippen LogP contribution in [0.25, 0.3) is 0 Å². The van der Waals surface area contributed by atoms with Crippen LogP contribution in [0, 0.1) is 0 Å². The Labute approximate surface area is 109 Å². The van der Waals surface area contributed by atoms with Crippen LogP contribution in [0.4, 0.5) is 0 Å². The minimum Gasteiger partial charge on any atom is -0.302 e. The van der Waals surface area contributed by atoms with Gasteiger partial charge >= 0.3 is 0 Å². The summed E-state index contributed by atoms with van der Waals surface area (Å²) in [7, 11) is 0. The molecule has 1 saturated heterocycles. The van der Waals surface area contributed by atoms with Crippen molar-refractivity contribution in [1.82, 2.24) is 14.7 Å². The quantitative estimate of drug-likeness (QED) is 0.749. The standard InChI is InChI=1S/C14H23N3O/c1-3-12-9-14(17(4-2)15-12)10-16-8-6-5-7-13(16)11-18/h9,11,13H,3-8,10H2,1-2H3. The van der Waals surface area contributed by atoms with E-state index >= 15 is 0 Å². The van der Waals surface area contributed by atoms with E-state index in [-0.39, 0.29) is 6.04 Å². The summed E-state index contributed by atoms with van der Waals surface area (Å²) in [6.07, 6.45) is 5.45. The maximum absolute atomic E-state index is 11.1. The van der Waals surface area contributed by atoms with Gasteiger partial charge in [-0.25, -0.2) is 0 Å². The van der Waals surface area contributed by atoms with Gasteiger partial charge in [-0.15, -0.1) is 0 Å². The number of carbonyl (C=O) groups excluding carboxylic acids is 1. The number of aryl methyl sites for hydroxylation is 2. The number of carbonyl (C=O) groups is 1. The van der Waals surface area contributed by atoms with Crippen molar-refractivity contribution in [2.75, 3.05) is 6.54 Å². The van der Waals surface area contributed by atoms with Crippen LogP contribution >= 0.6 is 0 Å². The van der Waals surface area contributed by atoms with E-state index in [0.717, 1.165) is 44.5 Å². The van der Waals surface area contributed by atoms with Crippen LogP contribution in [0.1, 0.15) is 44.5 Å². The number of hydrogen-bond acceptors (Lipinski definition) is 3. The summed E-state index contributed by atoms with van der Waals surface area (Å²) in [6.45, 7) is 7.02. The van der Waals surface area contributed by atoms with Crippen LogP contribution in [-0.2, 0) is 24.3 Å². The minimum absolute atomic E-state index is 0.101. The zero-order valence-electron chi connectivity index (χ0n) is 11.4. The smallest absolute Gasteiger partial charge is 0.137 e. The van der Waals surface area contributed by atoms with Crippen molar-refractivity contribution in [3.63, 3.8) is 0 Å². The van der Waals surface area contributed by atoms with Crippen molar-refractivity contribution in [2.45, 2.75) is 58.7 Å². The van der Waals surface area contributed by atoms with E-state index in [0.29, 0.717) is 0 Å². The van der Waals surface area contributed by atoms with Gasteiger partial charge in [-0.2, -0.15) is 5.10 Å². The van der Waals surface area contributed by atoms with Gasteiger partial charge in [-0.05, 0) is 38.8 Å². The molecule has 4 heteroatoms. The highest BCUT2D eigenvalue weighted by Crippen LogP contribution is 2.19. The largest absolute Gasteiger partial charge is 0.302 e. The molecule has 0 aliphatic carbocycles. The van der Waals surface area contributed by atoms with E-state index in [1.165, 1.54) is 18.5 Å². The van der Waals surface area contributed by atoms with Gasteiger partial charge in [0.05, 0.1) is 17.4 Å². The van der Waals surface area contributed by atoms with Gasteiger partial charge in [0.1, 0.15) is 6.29 Å². The lowest BCUT2D eigenvalue weighted by molar-refractivity contribution is -0.113. The molecule has 1 aliphatic heterocycles. The number of rotatable bonds is 5. The molecular weight excluding hydrogens is 226 g/mol. The molecule has 0 N–H and O–H groups in total. The highest BCUT2D eigenvalue weighted by molar-refractivity contribution is 5.57. The third kappa shape index (κ3) is 2.80. The second kappa shape index (κ2) is 6.14. The number of hydrogen-bond donors (Lipinski definition) is 0. The molecule has 1 atom stereocenters. The summed E-state index contributed by atoms with van der Waals surface area (Å²) >= 11 is 0. The van der Waals surface area contributed by atoms with Crippen LogP contribution in [0.3, 0.4) is 0 Å². The van der Waals surface area contributed by atoms with E-state index in [4.69, 9.17) is 0 Å². The van der Waals surface area contributed by atoms with E-state index in [9.17, 15) is 4.79 Å². The number of aromatic nitrogens is 2. The molecule has 2 heterocycles. The van der Waals surface area contributed by atoms with E-state index in [1.54, 1.807) is 0 Å². The Bertz CT molecular complexity index is 400. The van der Waals surface area contributed by atoms with Crippen molar-refractivity contribution in [3.05, 3.63) is 17.5 Å². The zero-order chi connectivity index (χ0) is 13.0. The molecule has 0 radical (unpaired) electrons. The first kappa shape index (κ1) is 13.3. The Hall–Kier alpha value is -1.16. The lowest BCUT2D eigenvalue weighted by Crippen LogP contribution is -2.40. The van der Waals surface area contributed by atoms with Crippen LogP contribution in [0.2, 0.25) is 0 Å². The van der Waals surface area contributed by atoms with E-state index in [1.807, 2.05) is 0 Å². The van der Waals surface area contributed by atoms with Gasteiger partial charge in [-0.1, -0.05) is 13.3 Å². The summed E-state index contributed by atoms with van der Waals surface area (Å²) < 4.78 is 2.06. The van der Waals surface area contributed by atoms with Gasteiger partial charge in [-0.3, -0.25) is 9.58 Å². The predicted molar refractivity (Wildman–Crippen MR) is 71.4 cm³/mol. The summed E-state index contributed by atoms with van der Waals surface area (Å²) in [4.78, 5) is 13.4. The zero-order valence-corrected chi connectivity index (χ0v) is 11.4. The molecular formula is C14H23N3O. The molecule has 1 unspecified atom stereocenters. The molecule has 0 saturated carbocycles. The Morgan fingerprint density at radius 2 is 2.28 bits per heavy atom. The van der Waals surface area contributed by atoms with Gasteiger partial charge in [0.15, 0.2) is 0 Å². The average Bonchev–Trinajstić information content (AvgIpc) is 2.81. The lowest BCUT2D eigenvalue weighted by atomic mass is 10.0. The average molecular weight is 249 g/mol. The fourth-order valence-corrected chi connectivity index (χ4v) is 2.66. The molecule has 0 aromatic carbocycles. The summed E-state index contributed by atoms with van der Waals surface area (Å²) in [5.74, 6) is 0. The van der Waals surface area contributed by atoms with Crippen LogP contribution < -0.4 is 0 Å². The van der Waals surface area contributed by atoms with Crippen molar-refractivity contribution in [1.29, 1.82) is 0 Å². The molecule has 1 aliphatic rings. The summed E-state index contributed by atoms with van der Waals surface area (Å²) in [5, 5.41) is 4.57. The third-order valence-corrected chi connectivity index (χ3v) is 3.76. The Kier molecular flexibility index (Phi) is 4.53. The predicted octanol–water partition coefficient (Wildman–Crippen LogP) is 2.02. The highest BCUT2D eigenvalue weighted by atomic mass is 16.1. The first-order valence-corrected chi connectivity index (χ1v) is 7.03. The molecule has 18 heavy (non-hydrogen) atoms. The van der Waals surface area contributed by atoms with Crippen LogP contribution in [0.5, 0.6) is 0 Å². The minimum atomic E-state index is 0.101. The second-order valence-electron chi connectivity index (χ2n) is 4.97. The molecule has 1 aromatic heterocycles. The summed E-state index contributed by atoms with van der Waals surface area (Å²) in [5.41, 5.74) is 2.38. The Morgan fingerprint density at radius 1 is 1.44 bits per heavy atom. The van der Waals surface area contributed by atoms with E-state index < -0.39 is 0 Å². The van der Waals surface area contributed by atoms with Gasteiger partial charge in [0.25, 0.3) is 0 Å².